The molecule has 1 amide bonds. The van der Waals surface area contributed by atoms with Crippen LogP contribution in [0.2, 0.25) is 0 Å². The lowest BCUT2D eigenvalue weighted by atomic mass is 9.91. The zero-order valence-corrected chi connectivity index (χ0v) is 20.5. The number of halogens is 3. The predicted octanol–water partition coefficient (Wildman–Crippen LogP) is 2.48. The minimum absolute atomic E-state index is 0.167. The fourth-order valence-electron chi connectivity index (χ4n) is 3.95. The number of ether oxygens (including phenoxy) is 1. The van der Waals surface area contributed by atoms with Gasteiger partial charge in [0.1, 0.15) is 18.0 Å². The molecule has 1 aliphatic heterocycles. The molecular weight excluding hydrogens is 505 g/mol. The van der Waals surface area contributed by atoms with Crippen LogP contribution in [0.4, 0.5) is 30.5 Å². The second kappa shape index (κ2) is 10.8. The maximum atomic E-state index is 13.7. The fourth-order valence-corrected chi connectivity index (χ4v) is 3.95. The van der Waals surface area contributed by atoms with Gasteiger partial charge in [0.15, 0.2) is 17.3 Å². The van der Waals surface area contributed by atoms with E-state index < -0.39 is 29.0 Å². The van der Waals surface area contributed by atoms with Gasteiger partial charge in [0.25, 0.3) is 5.91 Å². The van der Waals surface area contributed by atoms with Crippen LogP contribution < -0.4 is 26.4 Å². The number of hydrogen-bond donors (Lipinski definition) is 4. The van der Waals surface area contributed by atoms with Crippen molar-refractivity contribution in [3.05, 3.63) is 47.9 Å². The number of nitrogens with zero attached hydrogens (tertiary/aromatic N) is 5. The Labute approximate surface area is 216 Å². The first-order valence-corrected chi connectivity index (χ1v) is 11.7. The molecule has 0 saturated carbocycles. The zero-order chi connectivity index (χ0) is 27.5. The zero-order valence-electron chi connectivity index (χ0n) is 20.5. The van der Waals surface area contributed by atoms with Gasteiger partial charge in [-0.2, -0.15) is 13.2 Å². The van der Waals surface area contributed by atoms with E-state index in [1.165, 1.54) is 6.20 Å². The highest BCUT2D eigenvalue weighted by Crippen LogP contribution is 2.37. The highest BCUT2D eigenvalue weighted by atomic mass is 19.4. The number of aliphatic hydroxyl groups is 1. The van der Waals surface area contributed by atoms with E-state index in [1.54, 1.807) is 12.1 Å². The van der Waals surface area contributed by atoms with Crippen LogP contribution in [0.3, 0.4) is 0 Å². The van der Waals surface area contributed by atoms with Gasteiger partial charge in [-0.15, -0.1) is 0 Å². The molecule has 3 aromatic rings. The number of nitrogens with two attached hydrogens (primary N) is 2. The molecule has 11 nitrogen and oxygen atoms in total. The monoisotopic (exact) mass is 532 g/mol. The predicted molar refractivity (Wildman–Crippen MR) is 133 cm³/mol. The van der Waals surface area contributed by atoms with E-state index in [0.717, 1.165) is 31.2 Å². The number of nitrogens with one attached hydrogen (secondary N) is 1. The molecule has 6 N–H and O–H groups in total. The molecule has 0 aromatic carbocycles. The molecule has 0 atom stereocenters. The molecule has 4 rings (SSSR count). The molecule has 202 valence electrons. The van der Waals surface area contributed by atoms with Crippen LogP contribution in [0.25, 0.3) is 11.4 Å². The first-order chi connectivity index (χ1) is 18.0. The van der Waals surface area contributed by atoms with Crippen LogP contribution in [0.1, 0.15) is 35.8 Å². The Kier molecular flexibility index (Phi) is 7.64. The number of piperidine rings is 1. The highest BCUT2D eigenvalue weighted by molar-refractivity contribution is 6.06. The summed E-state index contributed by atoms with van der Waals surface area (Å²) in [6, 6.07) is 5.32. The van der Waals surface area contributed by atoms with E-state index in [1.807, 2.05) is 11.8 Å². The lowest BCUT2D eigenvalue weighted by Crippen LogP contribution is -2.48. The van der Waals surface area contributed by atoms with Gasteiger partial charge in [0.05, 0.1) is 24.1 Å². The van der Waals surface area contributed by atoms with Crippen LogP contribution >= 0.6 is 0 Å². The van der Waals surface area contributed by atoms with Crippen molar-refractivity contribution < 1.29 is 27.8 Å². The van der Waals surface area contributed by atoms with Crippen molar-refractivity contribution in [2.45, 2.75) is 31.5 Å². The Hall–Kier alpha value is -4.04. The van der Waals surface area contributed by atoms with Gasteiger partial charge in [0, 0.05) is 30.9 Å². The first-order valence-electron chi connectivity index (χ1n) is 11.7. The van der Waals surface area contributed by atoms with Crippen LogP contribution in [0.15, 0.2) is 36.7 Å². The summed E-state index contributed by atoms with van der Waals surface area (Å²) < 4.78 is 46.3. The van der Waals surface area contributed by atoms with Crippen molar-refractivity contribution in [3.63, 3.8) is 0 Å². The Morgan fingerprint density at radius 2 is 1.95 bits per heavy atom. The van der Waals surface area contributed by atoms with Crippen molar-refractivity contribution >= 4 is 23.2 Å². The van der Waals surface area contributed by atoms with Gasteiger partial charge >= 0.3 is 6.18 Å². The Morgan fingerprint density at radius 1 is 1.21 bits per heavy atom. The smallest absolute Gasteiger partial charge is 0.418 e. The van der Waals surface area contributed by atoms with Crippen LogP contribution in [-0.4, -0.2) is 62.8 Å². The summed E-state index contributed by atoms with van der Waals surface area (Å²) >= 11 is 0. The van der Waals surface area contributed by atoms with Gasteiger partial charge in [-0.3, -0.25) is 4.79 Å². The fraction of sp³-hybridized carbons (Fsp3) is 0.375. The Balaban J connectivity index is 1.65. The average molecular weight is 533 g/mol. The van der Waals surface area contributed by atoms with E-state index >= 15 is 0 Å². The maximum absolute atomic E-state index is 13.7. The molecule has 0 bridgehead atoms. The van der Waals surface area contributed by atoms with E-state index in [9.17, 15) is 18.0 Å². The summed E-state index contributed by atoms with van der Waals surface area (Å²) in [5.74, 6) is -1.03. The highest BCUT2D eigenvalue weighted by Gasteiger charge is 2.36. The number of carbonyl (C=O) groups excluding carboxylic acids is 1. The second-order valence-electron chi connectivity index (χ2n) is 9.07. The summed E-state index contributed by atoms with van der Waals surface area (Å²) in [6.45, 7) is 2.76. The molecule has 0 spiro atoms. The molecule has 4 heterocycles. The quantitative estimate of drug-likeness (QED) is 0.355. The average Bonchev–Trinajstić information content (AvgIpc) is 2.87. The first kappa shape index (κ1) is 27.0. The van der Waals surface area contributed by atoms with Gasteiger partial charge < -0.3 is 31.5 Å². The van der Waals surface area contributed by atoms with E-state index in [0.29, 0.717) is 18.8 Å². The lowest BCUT2D eigenvalue weighted by molar-refractivity contribution is -0.137. The van der Waals surface area contributed by atoms with Crippen molar-refractivity contribution in [2.24, 2.45) is 5.73 Å². The summed E-state index contributed by atoms with van der Waals surface area (Å²) in [5.41, 5.74) is 10.0. The number of amides is 1. The number of pyridine rings is 2. The molecule has 0 aliphatic carbocycles. The Bertz CT molecular complexity index is 1310. The Morgan fingerprint density at radius 3 is 2.63 bits per heavy atom. The van der Waals surface area contributed by atoms with E-state index in [-0.39, 0.29) is 42.0 Å². The van der Waals surface area contributed by atoms with Crippen molar-refractivity contribution in [3.8, 4) is 17.3 Å². The molecular formula is C24H27F3N8O3. The SMILES string of the molecule is CC1(N)CCN(c2cccnc2NC(=O)c2nc(-c3nc(OCCO)ccc3C(F)(F)F)cnc2N)CC1. The molecule has 1 aliphatic rings. The van der Waals surface area contributed by atoms with Crippen molar-refractivity contribution in [1.29, 1.82) is 0 Å². The number of alkyl halides is 3. The van der Waals surface area contributed by atoms with E-state index in [4.69, 9.17) is 21.3 Å². The normalized spacial score (nSPS) is 15.3. The molecule has 14 heteroatoms. The number of anilines is 3. The van der Waals surface area contributed by atoms with E-state index in [2.05, 4.69) is 25.3 Å². The molecule has 0 radical (unpaired) electrons. The molecule has 0 unspecified atom stereocenters. The van der Waals surface area contributed by atoms with Crippen molar-refractivity contribution in [1.82, 2.24) is 19.9 Å². The minimum Gasteiger partial charge on any atom is -0.475 e. The van der Waals surface area contributed by atoms with Crippen molar-refractivity contribution in [2.75, 3.05) is 42.3 Å². The number of nitrogen functional groups attached to an aromatic ring is 1. The third-order valence-electron chi connectivity index (χ3n) is 6.04. The van der Waals surface area contributed by atoms with Gasteiger partial charge in [-0.25, -0.2) is 19.9 Å². The largest absolute Gasteiger partial charge is 0.475 e. The standard InChI is InChI=1S/C24H27F3N8O3/c1-23(29)6-9-35(10-7-23)16-3-2-8-30-21(16)34-22(37)19-20(28)31-13-15(32-19)18-14(24(25,26)27)4-5-17(33-18)38-12-11-36/h2-5,8,13,36H,6-7,9-12,29H2,1H3,(H2,28,31)(H,30,34,37). The van der Waals surface area contributed by atoms with Crippen LogP contribution in [0, 0.1) is 0 Å². The number of carbonyl (C=O) groups is 1. The summed E-state index contributed by atoms with van der Waals surface area (Å²) in [6.07, 6.45) is -0.806. The second-order valence-corrected chi connectivity index (χ2v) is 9.07. The van der Waals surface area contributed by atoms with Crippen LogP contribution in [0.5, 0.6) is 5.88 Å². The topological polar surface area (TPSA) is 165 Å². The van der Waals surface area contributed by atoms with Crippen LogP contribution in [-0.2, 0) is 6.18 Å². The molecule has 38 heavy (non-hydrogen) atoms. The lowest BCUT2D eigenvalue weighted by Gasteiger charge is -2.38. The third kappa shape index (κ3) is 6.08. The number of aromatic nitrogens is 4. The number of aliphatic hydroxyl groups excluding tert-OH is 1. The van der Waals surface area contributed by atoms with Gasteiger partial charge in [-0.05, 0) is 38.0 Å². The van der Waals surface area contributed by atoms with Gasteiger partial charge in [-0.1, -0.05) is 0 Å². The third-order valence-corrected chi connectivity index (χ3v) is 6.04. The van der Waals surface area contributed by atoms with Gasteiger partial charge in [0.2, 0.25) is 5.88 Å². The number of hydrogen-bond acceptors (Lipinski definition) is 10. The summed E-state index contributed by atoms with van der Waals surface area (Å²) in [7, 11) is 0. The number of rotatable bonds is 7. The minimum atomic E-state index is -4.78. The molecule has 3 aromatic heterocycles. The maximum Gasteiger partial charge on any atom is 0.418 e. The summed E-state index contributed by atoms with van der Waals surface area (Å²) in [5, 5.41) is 11.6. The summed E-state index contributed by atoms with van der Waals surface area (Å²) in [4.78, 5) is 31.3. The molecule has 1 fully saturated rings. The molecule has 1 saturated heterocycles.